The second kappa shape index (κ2) is 6.20. The van der Waals surface area contributed by atoms with Gasteiger partial charge in [0.15, 0.2) is 0 Å². The molecule has 1 saturated carbocycles. The molecule has 1 rings (SSSR count). The molecule has 0 atom stereocenters. The summed E-state index contributed by atoms with van der Waals surface area (Å²) < 4.78 is 24.0. The molecule has 0 spiro atoms. The molecular weight excluding hydrogens is 242 g/mol. The zero-order valence-electron chi connectivity index (χ0n) is 10.4. The van der Waals surface area contributed by atoms with Gasteiger partial charge in [-0.25, -0.2) is 17.5 Å². The Hall–Kier alpha value is -0.820. The molecule has 0 saturated heterocycles. The third-order valence-corrected chi connectivity index (χ3v) is 4.73. The zero-order chi connectivity index (χ0) is 12.9. The molecule has 0 aliphatic heterocycles. The molecular formula is C10H21N3O3S. The number of nitrogens with zero attached hydrogens (tertiary/aromatic N) is 1. The van der Waals surface area contributed by atoms with Gasteiger partial charge in [0.25, 0.3) is 0 Å². The van der Waals surface area contributed by atoms with Gasteiger partial charge in [-0.05, 0) is 12.8 Å². The summed E-state index contributed by atoms with van der Waals surface area (Å²) in [6, 6.07) is -0.0219. The Bertz CT molecular complexity index is 348. The standard InChI is InChI=1S/C10H21N3O3S/c1-13(2)17(15,16)8-7-11-10(14)12-9-5-3-4-6-9/h9H,3-8H2,1-2H3,(H2,11,12,14). The van der Waals surface area contributed by atoms with E-state index >= 15 is 0 Å². The van der Waals surface area contributed by atoms with Crippen LogP contribution in [0.4, 0.5) is 4.79 Å². The lowest BCUT2D eigenvalue weighted by molar-refractivity contribution is 0.237. The summed E-state index contributed by atoms with van der Waals surface area (Å²) in [7, 11) is -0.270. The van der Waals surface area contributed by atoms with Gasteiger partial charge < -0.3 is 10.6 Å². The van der Waals surface area contributed by atoms with Gasteiger partial charge in [0.05, 0.1) is 5.75 Å². The van der Waals surface area contributed by atoms with E-state index in [0.29, 0.717) is 0 Å². The molecule has 1 aliphatic rings. The van der Waals surface area contributed by atoms with Crippen molar-refractivity contribution < 1.29 is 13.2 Å². The molecule has 100 valence electrons. The molecule has 0 radical (unpaired) electrons. The van der Waals surface area contributed by atoms with E-state index in [2.05, 4.69) is 10.6 Å². The molecule has 2 N–H and O–H groups in total. The highest BCUT2D eigenvalue weighted by atomic mass is 32.2. The lowest BCUT2D eigenvalue weighted by Gasteiger charge is -2.14. The molecule has 0 bridgehead atoms. The fraction of sp³-hybridized carbons (Fsp3) is 0.900. The number of amides is 2. The largest absolute Gasteiger partial charge is 0.337 e. The molecule has 0 aromatic carbocycles. The van der Waals surface area contributed by atoms with Crippen LogP contribution in [0.5, 0.6) is 0 Å². The molecule has 1 aliphatic carbocycles. The minimum atomic E-state index is -3.23. The third-order valence-electron chi connectivity index (χ3n) is 2.89. The molecule has 0 heterocycles. The summed E-state index contributed by atoms with van der Waals surface area (Å²) in [5.74, 6) is -0.0713. The highest BCUT2D eigenvalue weighted by molar-refractivity contribution is 7.89. The van der Waals surface area contributed by atoms with Gasteiger partial charge in [-0.3, -0.25) is 0 Å². The van der Waals surface area contributed by atoms with Crippen molar-refractivity contribution in [2.45, 2.75) is 31.7 Å². The summed E-state index contributed by atoms with van der Waals surface area (Å²) >= 11 is 0. The zero-order valence-corrected chi connectivity index (χ0v) is 11.2. The van der Waals surface area contributed by atoms with Crippen LogP contribution in [0.2, 0.25) is 0 Å². The second-order valence-corrected chi connectivity index (χ2v) is 6.78. The topological polar surface area (TPSA) is 78.5 Å². The van der Waals surface area contributed by atoms with Crippen LogP contribution in [0.15, 0.2) is 0 Å². The average Bonchev–Trinajstić information content (AvgIpc) is 2.69. The number of hydrogen-bond donors (Lipinski definition) is 2. The van der Waals surface area contributed by atoms with Crippen molar-refractivity contribution in [2.24, 2.45) is 0 Å². The van der Waals surface area contributed by atoms with Crippen LogP contribution < -0.4 is 10.6 Å². The summed E-state index contributed by atoms with van der Waals surface area (Å²) in [5.41, 5.74) is 0. The SMILES string of the molecule is CN(C)S(=O)(=O)CCNC(=O)NC1CCCC1. The quantitative estimate of drug-likeness (QED) is 0.739. The maximum atomic E-state index is 11.4. The fourth-order valence-electron chi connectivity index (χ4n) is 1.78. The van der Waals surface area contributed by atoms with E-state index in [9.17, 15) is 13.2 Å². The van der Waals surface area contributed by atoms with Gasteiger partial charge in [0.1, 0.15) is 0 Å². The fourth-order valence-corrected chi connectivity index (χ4v) is 2.51. The predicted octanol–water partition coefficient (Wildman–Crippen LogP) is 0.120. The predicted molar refractivity (Wildman–Crippen MR) is 66.3 cm³/mol. The Morgan fingerprint density at radius 2 is 1.88 bits per heavy atom. The molecule has 0 aromatic rings. The van der Waals surface area contributed by atoms with Gasteiger partial charge in [0, 0.05) is 26.7 Å². The first-order valence-corrected chi connectivity index (χ1v) is 7.47. The smallest absolute Gasteiger partial charge is 0.315 e. The summed E-state index contributed by atoms with van der Waals surface area (Å²) in [6.07, 6.45) is 4.34. The van der Waals surface area contributed by atoms with Crippen LogP contribution in [-0.2, 0) is 10.0 Å². The van der Waals surface area contributed by atoms with Crippen molar-refractivity contribution >= 4 is 16.1 Å². The Kier molecular flexibility index (Phi) is 5.20. The first kappa shape index (κ1) is 14.2. The molecule has 17 heavy (non-hydrogen) atoms. The Morgan fingerprint density at radius 1 is 1.29 bits per heavy atom. The van der Waals surface area contributed by atoms with E-state index in [1.165, 1.54) is 14.1 Å². The molecule has 6 nitrogen and oxygen atoms in total. The van der Waals surface area contributed by atoms with E-state index in [-0.39, 0.29) is 24.4 Å². The van der Waals surface area contributed by atoms with Crippen LogP contribution >= 0.6 is 0 Å². The second-order valence-electron chi connectivity index (χ2n) is 4.48. The van der Waals surface area contributed by atoms with Crippen molar-refractivity contribution in [3.8, 4) is 0 Å². The Balaban J connectivity index is 2.20. The van der Waals surface area contributed by atoms with Crippen LogP contribution in [0.1, 0.15) is 25.7 Å². The summed E-state index contributed by atoms with van der Waals surface area (Å²) in [4.78, 5) is 11.4. The van der Waals surface area contributed by atoms with Crippen LogP contribution in [0.25, 0.3) is 0 Å². The number of hydrogen-bond acceptors (Lipinski definition) is 3. The first-order chi connectivity index (χ1) is 7.92. The van der Waals surface area contributed by atoms with E-state index in [4.69, 9.17) is 0 Å². The normalized spacial score (nSPS) is 17.4. The lowest BCUT2D eigenvalue weighted by atomic mass is 10.3. The number of urea groups is 1. The van der Waals surface area contributed by atoms with Crippen molar-refractivity contribution in [2.75, 3.05) is 26.4 Å². The maximum Gasteiger partial charge on any atom is 0.315 e. The van der Waals surface area contributed by atoms with Crippen molar-refractivity contribution in [3.05, 3.63) is 0 Å². The van der Waals surface area contributed by atoms with Crippen molar-refractivity contribution in [1.29, 1.82) is 0 Å². The monoisotopic (exact) mass is 263 g/mol. The number of rotatable bonds is 5. The number of carbonyl (C=O) groups excluding carboxylic acids is 1. The van der Waals surface area contributed by atoms with Crippen LogP contribution in [0.3, 0.4) is 0 Å². The molecule has 7 heteroatoms. The van der Waals surface area contributed by atoms with Gasteiger partial charge in [0.2, 0.25) is 10.0 Å². The Morgan fingerprint density at radius 3 is 2.41 bits per heavy atom. The van der Waals surface area contributed by atoms with Crippen molar-refractivity contribution in [3.63, 3.8) is 0 Å². The minimum Gasteiger partial charge on any atom is -0.337 e. The van der Waals surface area contributed by atoms with E-state index < -0.39 is 10.0 Å². The van der Waals surface area contributed by atoms with Crippen LogP contribution in [0, 0.1) is 0 Å². The molecule has 0 aromatic heterocycles. The number of nitrogens with one attached hydrogen (secondary N) is 2. The lowest BCUT2D eigenvalue weighted by Crippen LogP contribution is -2.43. The molecule has 0 unspecified atom stereocenters. The minimum absolute atomic E-state index is 0.0713. The van der Waals surface area contributed by atoms with E-state index in [0.717, 1.165) is 30.0 Å². The average molecular weight is 263 g/mol. The van der Waals surface area contributed by atoms with Crippen LogP contribution in [-0.4, -0.2) is 51.2 Å². The van der Waals surface area contributed by atoms with Gasteiger partial charge in [-0.2, -0.15) is 0 Å². The Labute approximate surface area is 103 Å². The maximum absolute atomic E-state index is 11.4. The molecule has 1 fully saturated rings. The first-order valence-electron chi connectivity index (χ1n) is 5.86. The molecule has 2 amide bonds. The summed E-state index contributed by atoms with van der Waals surface area (Å²) in [6.45, 7) is 0.138. The van der Waals surface area contributed by atoms with E-state index in [1.807, 2.05) is 0 Å². The highest BCUT2D eigenvalue weighted by Gasteiger charge is 2.17. The van der Waals surface area contributed by atoms with Crippen molar-refractivity contribution in [1.82, 2.24) is 14.9 Å². The third kappa shape index (κ3) is 4.91. The number of carbonyl (C=O) groups is 1. The van der Waals surface area contributed by atoms with Gasteiger partial charge in [-0.15, -0.1) is 0 Å². The van der Waals surface area contributed by atoms with Gasteiger partial charge >= 0.3 is 6.03 Å². The summed E-state index contributed by atoms with van der Waals surface area (Å²) in [5, 5.41) is 5.40. The van der Waals surface area contributed by atoms with E-state index in [1.54, 1.807) is 0 Å². The highest BCUT2D eigenvalue weighted by Crippen LogP contribution is 2.17. The van der Waals surface area contributed by atoms with Gasteiger partial charge in [-0.1, -0.05) is 12.8 Å². The number of sulfonamides is 1.